The highest BCUT2D eigenvalue weighted by molar-refractivity contribution is 8.00. The second kappa shape index (κ2) is 7.25. The third-order valence-electron chi connectivity index (χ3n) is 4.33. The SMILES string of the molecule is Cc1ccc(-c2nnc(S[C@H](C)C(=O)NC3CCCC3)n2N)cc1. The van der Waals surface area contributed by atoms with E-state index in [2.05, 4.69) is 15.5 Å². The fourth-order valence-electron chi connectivity index (χ4n) is 2.86. The number of benzene rings is 1. The Hall–Kier alpha value is -2.02. The molecule has 2 aromatic rings. The Bertz CT molecular complexity index is 706. The highest BCUT2D eigenvalue weighted by Crippen LogP contribution is 2.25. The van der Waals surface area contributed by atoms with E-state index in [-0.39, 0.29) is 11.2 Å². The predicted molar refractivity (Wildman–Crippen MR) is 96.1 cm³/mol. The molecule has 6 nitrogen and oxygen atoms in total. The number of nitrogens with one attached hydrogen (secondary N) is 1. The molecule has 1 aromatic carbocycles. The Morgan fingerprint density at radius 2 is 1.96 bits per heavy atom. The third kappa shape index (κ3) is 3.72. The molecule has 0 radical (unpaired) electrons. The Balaban J connectivity index is 1.66. The number of hydrogen-bond acceptors (Lipinski definition) is 5. The summed E-state index contributed by atoms with van der Waals surface area (Å²) >= 11 is 1.33. The van der Waals surface area contributed by atoms with Gasteiger partial charge < -0.3 is 11.2 Å². The van der Waals surface area contributed by atoms with Crippen LogP contribution in [0, 0.1) is 6.92 Å². The standard InChI is InChI=1S/C17H23N5OS/c1-11-7-9-13(10-8-11)15-20-21-17(22(15)18)24-12(2)16(23)19-14-5-3-4-6-14/h7-10,12,14H,3-6,18H2,1-2H3,(H,19,23)/t12-/m1/s1. The summed E-state index contributed by atoms with van der Waals surface area (Å²) in [6, 6.07) is 8.27. The number of nitrogens with two attached hydrogens (primary N) is 1. The van der Waals surface area contributed by atoms with Crippen LogP contribution in [0.4, 0.5) is 0 Å². The molecule has 1 amide bonds. The summed E-state index contributed by atoms with van der Waals surface area (Å²) in [6.07, 6.45) is 4.55. The van der Waals surface area contributed by atoms with Crippen molar-refractivity contribution in [2.24, 2.45) is 0 Å². The first-order chi connectivity index (χ1) is 11.5. The van der Waals surface area contributed by atoms with E-state index in [1.165, 1.54) is 34.8 Å². The van der Waals surface area contributed by atoms with Gasteiger partial charge in [0.25, 0.3) is 0 Å². The first-order valence-corrected chi connectivity index (χ1v) is 9.17. The number of aryl methyl sites for hydroxylation is 1. The smallest absolute Gasteiger partial charge is 0.233 e. The summed E-state index contributed by atoms with van der Waals surface area (Å²) in [7, 11) is 0. The second-order valence-corrected chi connectivity index (χ2v) is 7.60. The Kier molecular flexibility index (Phi) is 5.08. The molecule has 0 unspecified atom stereocenters. The van der Waals surface area contributed by atoms with Crippen LogP contribution >= 0.6 is 11.8 Å². The predicted octanol–water partition coefficient (Wildman–Crippen LogP) is 2.51. The van der Waals surface area contributed by atoms with Crippen molar-refractivity contribution in [3.63, 3.8) is 0 Å². The van der Waals surface area contributed by atoms with E-state index in [0.29, 0.717) is 17.0 Å². The lowest BCUT2D eigenvalue weighted by molar-refractivity contribution is -0.120. The van der Waals surface area contributed by atoms with Gasteiger partial charge in [0, 0.05) is 11.6 Å². The summed E-state index contributed by atoms with van der Waals surface area (Å²) in [5.74, 6) is 6.76. The minimum atomic E-state index is -0.261. The van der Waals surface area contributed by atoms with E-state index in [0.717, 1.165) is 18.4 Å². The molecule has 1 aromatic heterocycles. The minimum absolute atomic E-state index is 0.0341. The number of carbonyl (C=O) groups excluding carboxylic acids is 1. The van der Waals surface area contributed by atoms with Gasteiger partial charge in [-0.2, -0.15) is 0 Å². The van der Waals surface area contributed by atoms with Gasteiger partial charge in [-0.15, -0.1) is 10.2 Å². The fraction of sp³-hybridized carbons (Fsp3) is 0.471. The van der Waals surface area contributed by atoms with Crippen LogP contribution in [-0.2, 0) is 4.79 Å². The average molecular weight is 345 g/mol. The van der Waals surface area contributed by atoms with Gasteiger partial charge in [0.15, 0.2) is 5.82 Å². The van der Waals surface area contributed by atoms with Gasteiger partial charge in [-0.1, -0.05) is 54.4 Å². The molecular weight excluding hydrogens is 322 g/mol. The monoisotopic (exact) mass is 345 g/mol. The summed E-state index contributed by atoms with van der Waals surface area (Å²) in [5, 5.41) is 11.7. The number of thioether (sulfide) groups is 1. The molecule has 1 heterocycles. The lowest BCUT2D eigenvalue weighted by atomic mass is 10.1. The van der Waals surface area contributed by atoms with Crippen LogP contribution in [0.15, 0.2) is 29.4 Å². The number of carbonyl (C=O) groups is 1. The first-order valence-electron chi connectivity index (χ1n) is 8.29. The van der Waals surface area contributed by atoms with E-state index in [1.807, 2.05) is 38.1 Å². The molecule has 1 atom stereocenters. The van der Waals surface area contributed by atoms with E-state index in [1.54, 1.807) is 0 Å². The van der Waals surface area contributed by atoms with Crippen LogP contribution in [0.5, 0.6) is 0 Å². The summed E-state index contributed by atoms with van der Waals surface area (Å²) in [4.78, 5) is 12.3. The maximum absolute atomic E-state index is 12.3. The maximum Gasteiger partial charge on any atom is 0.233 e. The molecule has 24 heavy (non-hydrogen) atoms. The normalized spacial score (nSPS) is 16.2. The van der Waals surface area contributed by atoms with Crippen molar-refractivity contribution >= 4 is 17.7 Å². The molecule has 0 spiro atoms. The molecule has 1 aliphatic carbocycles. The van der Waals surface area contributed by atoms with E-state index >= 15 is 0 Å². The van der Waals surface area contributed by atoms with E-state index in [9.17, 15) is 4.79 Å². The van der Waals surface area contributed by atoms with Crippen molar-refractivity contribution in [3.8, 4) is 11.4 Å². The molecule has 1 aliphatic rings. The highest BCUT2D eigenvalue weighted by Gasteiger charge is 2.23. The van der Waals surface area contributed by atoms with Crippen LogP contribution in [0.25, 0.3) is 11.4 Å². The van der Waals surface area contributed by atoms with Crippen molar-refractivity contribution in [1.82, 2.24) is 20.2 Å². The minimum Gasteiger partial charge on any atom is -0.352 e. The number of rotatable bonds is 5. The van der Waals surface area contributed by atoms with Gasteiger partial charge in [-0.25, -0.2) is 4.68 Å². The molecule has 3 N–H and O–H groups in total. The summed E-state index contributed by atoms with van der Waals surface area (Å²) in [5.41, 5.74) is 2.08. The molecule has 0 aliphatic heterocycles. The lowest BCUT2D eigenvalue weighted by Crippen LogP contribution is -2.37. The second-order valence-electron chi connectivity index (χ2n) is 6.29. The van der Waals surface area contributed by atoms with Crippen LogP contribution in [0.1, 0.15) is 38.2 Å². The van der Waals surface area contributed by atoms with E-state index < -0.39 is 0 Å². The topological polar surface area (TPSA) is 85.8 Å². The third-order valence-corrected chi connectivity index (χ3v) is 5.38. The number of nitrogens with zero attached hydrogens (tertiary/aromatic N) is 3. The fourth-order valence-corrected chi connectivity index (χ4v) is 3.64. The Morgan fingerprint density at radius 1 is 1.29 bits per heavy atom. The van der Waals surface area contributed by atoms with Crippen molar-refractivity contribution in [2.45, 2.75) is 56.0 Å². The van der Waals surface area contributed by atoms with Gasteiger partial charge in [-0.05, 0) is 26.7 Å². The largest absolute Gasteiger partial charge is 0.352 e. The molecule has 7 heteroatoms. The molecule has 1 fully saturated rings. The number of amides is 1. The number of nitrogen functional groups attached to an aromatic ring is 1. The molecule has 0 saturated heterocycles. The van der Waals surface area contributed by atoms with Gasteiger partial charge in [0.05, 0.1) is 5.25 Å². The van der Waals surface area contributed by atoms with Gasteiger partial charge in [0.1, 0.15) is 0 Å². The Morgan fingerprint density at radius 3 is 2.62 bits per heavy atom. The first kappa shape index (κ1) is 16.8. The summed E-state index contributed by atoms with van der Waals surface area (Å²) in [6.45, 7) is 3.90. The maximum atomic E-state index is 12.3. The van der Waals surface area contributed by atoms with Crippen molar-refractivity contribution < 1.29 is 4.79 Å². The van der Waals surface area contributed by atoms with Crippen LogP contribution in [-0.4, -0.2) is 32.1 Å². The van der Waals surface area contributed by atoms with Crippen molar-refractivity contribution in [3.05, 3.63) is 29.8 Å². The molecule has 3 rings (SSSR count). The van der Waals surface area contributed by atoms with Crippen molar-refractivity contribution in [1.29, 1.82) is 0 Å². The van der Waals surface area contributed by atoms with Crippen molar-refractivity contribution in [2.75, 3.05) is 5.84 Å². The Labute approximate surface area is 146 Å². The molecule has 0 bridgehead atoms. The zero-order valence-corrected chi connectivity index (χ0v) is 14.8. The number of aromatic nitrogens is 3. The van der Waals surface area contributed by atoms with Gasteiger partial charge in [0.2, 0.25) is 11.1 Å². The lowest BCUT2D eigenvalue weighted by Gasteiger charge is -2.15. The highest BCUT2D eigenvalue weighted by atomic mass is 32.2. The molecule has 128 valence electrons. The zero-order valence-electron chi connectivity index (χ0n) is 14.0. The van der Waals surface area contributed by atoms with Gasteiger partial charge in [-0.3, -0.25) is 4.79 Å². The van der Waals surface area contributed by atoms with Gasteiger partial charge >= 0.3 is 0 Å². The number of hydrogen-bond donors (Lipinski definition) is 2. The molecule has 1 saturated carbocycles. The van der Waals surface area contributed by atoms with E-state index in [4.69, 9.17) is 5.84 Å². The van der Waals surface area contributed by atoms with Crippen LogP contribution < -0.4 is 11.2 Å². The molecular formula is C17H23N5OS. The quantitative estimate of drug-likeness (QED) is 0.642. The van der Waals surface area contributed by atoms with Crippen LogP contribution in [0.3, 0.4) is 0 Å². The average Bonchev–Trinajstić information content (AvgIpc) is 3.19. The summed E-state index contributed by atoms with van der Waals surface area (Å²) < 4.78 is 1.45. The van der Waals surface area contributed by atoms with Crippen LogP contribution in [0.2, 0.25) is 0 Å². The zero-order chi connectivity index (χ0) is 17.1.